The molecule has 172 valence electrons. The Labute approximate surface area is 195 Å². The molecule has 14 heteroatoms. The number of H-pyrrole nitrogens is 1. The van der Waals surface area contributed by atoms with E-state index < -0.39 is 21.7 Å². The summed E-state index contributed by atoms with van der Waals surface area (Å²) in [4.78, 5) is 39.5. The van der Waals surface area contributed by atoms with E-state index in [1.165, 1.54) is 29.9 Å². The van der Waals surface area contributed by atoms with Crippen molar-refractivity contribution in [3.8, 4) is 23.4 Å². The van der Waals surface area contributed by atoms with Crippen molar-refractivity contribution in [3.05, 3.63) is 55.4 Å². The van der Waals surface area contributed by atoms with Gasteiger partial charge in [-0.25, -0.2) is 9.78 Å². The third-order valence-electron chi connectivity index (χ3n) is 4.79. The molecule has 0 saturated carbocycles. The van der Waals surface area contributed by atoms with Crippen LogP contribution in [0, 0.1) is 39.7 Å². The lowest BCUT2D eigenvalue weighted by molar-refractivity contribution is -0.730. The van der Waals surface area contributed by atoms with Gasteiger partial charge in [0.25, 0.3) is 5.69 Å². The maximum atomic E-state index is 12.8. The van der Waals surface area contributed by atoms with Crippen LogP contribution in [0.15, 0.2) is 32.5 Å². The number of aryl methyl sites for hydroxylation is 2. The number of carbonyl (C=O) groups excluding carboxylic acids is 1. The maximum Gasteiger partial charge on any atom is 0.435 e. The first kappa shape index (κ1) is 24.0. The number of anilines is 2. The fraction of sp³-hybridized carbons (Fsp3) is 0.200. The Bertz CT molecular complexity index is 1460. The Morgan fingerprint density at radius 1 is 1.38 bits per heavy atom. The van der Waals surface area contributed by atoms with Gasteiger partial charge >= 0.3 is 11.3 Å². The predicted molar refractivity (Wildman–Crippen MR) is 119 cm³/mol. The second-order valence-corrected chi connectivity index (χ2v) is 8.37. The normalized spacial score (nSPS) is 11.3. The molecule has 0 fully saturated rings. The van der Waals surface area contributed by atoms with Crippen LogP contribution in [0.5, 0.6) is 0 Å². The number of nitrogens with two attached hydrogens (primary N) is 1. The number of nitrogen functional groups attached to an aromatic ring is 1. The molecular formula is C20H17N8O5S+. The first-order chi connectivity index (χ1) is 16.1. The number of aromatic nitrogens is 3. The average Bonchev–Trinajstić information content (AvgIpc) is 3.12. The maximum absolute atomic E-state index is 12.8. The number of non-ortho nitro benzene ring substituents is 1. The van der Waals surface area contributed by atoms with Crippen molar-refractivity contribution >= 4 is 34.9 Å². The number of amides is 1. The van der Waals surface area contributed by atoms with Crippen molar-refractivity contribution in [1.82, 2.24) is 10.3 Å². The molecule has 13 nitrogen and oxygen atoms in total. The van der Waals surface area contributed by atoms with Crippen LogP contribution in [0.4, 0.5) is 17.2 Å². The molecule has 1 amide bonds. The van der Waals surface area contributed by atoms with Gasteiger partial charge in [0.1, 0.15) is 34.1 Å². The number of nitrogens with zero attached hydrogens (tertiary/aromatic N) is 5. The molecule has 2 aromatic heterocycles. The van der Waals surface area contributed by atoms with Crippen molar-refractivity contribution in [2.75, 3.05) is 11.1 Å². The fourth-order valence-corrected chi connectivity index (χ4v) is 4.01. The minimum absolute atomic E-state index is 0.0395. The van der Waals surface area contributed by atoms with Gasteiger partial charge in [-0.2, -0.15) is 10.5 Å². The number of rotatable bonds is 6. The van der Waals surface area contributed by atoms with Crippen LogP contribution in [-0.2, 0) is 11.8 Å². The fourth-order valence-electron chi connectivity index (χ4n) is 3.09. The van der Waals surface area contributed by atoms with Gasteiger partial charge < -0.3 is 11.1 Å². The molecule has 34 heavy (non-hydrogen) atoms. The molecule has 3 aromatic rings. The first-order valence-electron chi connectivity index (χ1n) is 9.53. The van der Waals surface area contributed by atoms with Crippen LogP contribution in [0.25, 0.3) is 11.3 Å². The largest absolute Gasteiger partial charge is 0.435 e. The second kappa shape index (κ2) is 9.43. The van der Waals surface area contributed by atoms with E-state index >= 15 is 0 Å². The zero-order chi connectivity index (χ0) is 25.2. The lowest BCUT2D eigenvalue weighted by atomic mass is 10.0. The number of pyridine rings is 1. The van der Waals surface area contributed by atoms with E-state index in [2.05, 4.69) is 15.6 Å². The van der Waals surface area contributed by atoms with E-state index in [9.17, 15) is 30.2 Å². The van der Waals surface area contributed by atoms with Gasteiger partial charge in [-0.15, -0.1) is 0 Å². The predicted octanol–water partition coefficient (Wildman–Crippen LogP) is 1.52. The standard InChI is InChI=1S/C20H16N8O5S/c1-9-6-11(28(31)32)4-5-14(9)24-18(29)10(2)34-19-13(8-22)15(12(7-21)17(23)25-19)16-20(30)33-26-27(16)3/h4-6,10H,1-3H3,(H3-,23,24,25,26,29,30)/p+1. The van der Waals surface area contributed by atoms with Crippen LogP contribution < -0.4 is 21.4 Å². The number of nitro groups is 1. The molecule has 2 heterocycles. The molecule has 1 aromatic carbocycles. The molecule has 0 aliphatic heterocycles. The summed E-state index contributed by atoms with van der Waals surface area (Å²) >= 11 is 0.897. The van der Waals surface area contributed by atoms with E-state index in [1.54, 1.807) is 13.8 Å². The van der Waals surface area contributed by atoms with Gasteiger partial charge in [-0.1, -0.05) is 16.4 Å². The third-order valence-corrected chi connectivity index (χ3v) is 5.88. The Morgan fingerprint density at radius 3 is 2.59 bits per heavy atom. The highest BCUT2D eigenvalue weighted by molar-refractivity contribution is 8.00. The Kier molecular flexibility index (Phi) is 6.65. The van der Waals surface area contributed by atoms with Crippen LogP contribution in [0.2, 0.25) is 0 Å². The summed E-state index contributed by atoms with van der Waals surface area (Å²) in [5, 5.41) is 34.5. The Balaban J connectivity index is 1.98. The molecule has 0 saturated heterocycles. The van der Waals surface area contributed by atoms with E-state index in [1.807, 2.05) is 12.1 Å². The molecule has 0 radical (unpaired) electrons. The number of benzene rings is 1. The number of hydrogen-bond donors (Lipinski definition) is 3. The van der Waals surface area contributed by atoms with E-state index in [0.717, 1.165) is 11.8 Å². The quantitative estimate of drug-likeness (QED) is 0.200. The van der Waals surface area contributed by atoms with Crippen LogP contribution in [-0.4, -0.2) is 26.3 Å². The van der Waals surface area contributed by atoms with E-state index in [-0.39, 0.29) is 38.9 Å². The van der Waals surface area contributed by atoms with Crippen LogP contribution in [0.3, 0.4) is 0 Å². The number of hydrogen-bond acceptors (Lipinski definition) is 10. The summed E-state index contributed by atoms with van der Waals surface area (Å²) < 4.78 is 5.93. The number of aromatic amines is 1. The molecule has 1 unspecified atom stereocenters. The van der Waals surface area contributed by atoms with Gasteiger partial charge in [0, 0.05) is 17.8 Å². The summed E-state index contributed by atoms with van der Waals surface area (Å²) in [7, 11) is 1.45. The topological polar surface area (TPSA) is 209 Å². The minimum Gasteiger partial charge on any atom is -0.383 e. The van der Waals surface area contributed by atoms with Crippen molar-refractivity contribution < 1.29 is 18.9 Å². The summed E-state index contributed by atoms with van der Waals surface area (Å²) in [5.41, 5.74) is 5.41. The second-order valence-electron chi connectivity index (χ2n) is 7.04. The molecule has 3 rings (SSSR count). The summed E-state index contributed by atoms with van der Waals surface area (Å²) in [6.07, 6.45) is 0. The number of thioether (sulfide) groups is 1. The van der Waals surface area contributed by atoms with Crippen molar-refractivity contribution in [2.24, 2.45) is 7.05 Å². The zero-order valence-electron chi connectivity index (χ0n) is 18.1. The molecule has 4 N–H and O–H groups in total. The monoisotopic (exact) mass is 481 g/mol. The number of nitriles is 2. The van der Waals surface area contributed by atoms with E-state index in [0.29, 0.717) is 11.3 Å². The highest BCUT2D eigenvalue weighted by Gasteiger charge is 2.32. The Morgan fingerprint density at radius 2 is 2.06 bits per heavy atom. The lowest BCUT2D eigenvalue weighted by Crippen LogP contribution is -2.34. The Hall–Kier alpha value is -4.69. The van der Waals surface area contributed by atoms with Gasteiger partial charge in [-0.3, -0.25) is 19.4 Å². The molecular weight excluding hydrogens is 464 g/mol. The summed E-state index contributed by atoms with van der Waals surface area (Å²) in [6, 6.07) is 7.81. The SMILES string of the molecule is Cc1cc([N+](=O)[O-])ccc1NC(=O)C(C)Sc1nc(N)c(C#N)c(-c2c(=O)o[nH][n+]2C)c1C#N. The van der Waals surface area contributed by atoms with Gasteiger partial charge in [0.05, 0.1) is 15.7 Å². The van der Waals surface area contributed by atoms with Gasteiger partial charge in [0.15, 0.2) is 7.05 Å². The lowest BCUT2D eigenvalue weighted by Gasteiger charge is -2.15. The molecule has 1 atom stereocenters. The van der Waals surface area contributed by atoms with Crippen LogP contribution >= 0.6 is 11.8 Å². The van der Waals surface area contributed by atoms with Crippen molar-refractivity contribution in [2.45, 2.75) is 24.1 Å². The zero-order valence-corrected chi connectivity index (χ0v) is 18.9. The highest BCUT2D eigenvalue weighted by atomic mass is 32.2. The summed E-state index contributed by atoms with van der Waals surface area (Å²) in [6.45, 7) is 3.17. The molecule has 0 spiro atoms. The van der Waals surface area contributed by atoms with Crippen molar-refractivity contribution in [3.63, 3.8) is 0 Å². The number of nitro benzene ring substituents is 1. The van der Waals surface area contributed by atoms with E-state index in [4.69, 9.17) is 10.3 Å². The molecule has 0 aliphatic rings. The molecule has 0 aliphatic carbocycles. The number of carbonyl (C=O) groups is 1. The van der Waals surface area contributed by atoms with Gasteiger partial charge in [-0.05, 0) is 30.7 Å². The average molecular weight is 481 g/mol. The first-order valence-corrected chi connectivity index (χ1v) is 10.4. The summed E-state index contributed by atoms with van der Waals surface area (Å²) in [5.74, 6) is -0.692. The minimum atomic E-state index is -0.823. The molecule has 0 bridgehead atoms. The highest BCUT2D eigenvalue weighted by Crippen LogP contribution is 2.35. The number of nitrogens with one attached hydrogen (secondary N) is 2. The van der Waals surface area contributed by atoms with Crippen LogP contribution in [0.1, 0.15) is 23.6 Å². The van der Waals surface area contributed by atoms with Gasteiger partial charge in [0.2, 0.25) is 5.91 Å². The third kappa shape index (κ3) is 4.43. The van der Waals surface area contributed by atoms with Crippen molar-refractivity contribution in [1.29, 1.82) is 10.5 Å². The smallest absolute Gasteiger partial charge is 0.383 e.